The van der Waals surface area contributed by atoms with Gasteiger partial charge < -0.3 is 5.73 Å². The molecular weight excluding hydrogens is 178 g/mol. The summed E-state index contributed by atoms with van der Waals surface area (Å²) in [5, 5.41) is 0. The summed E-state index contributed by atoms with van der Waals surface area (Å²) in [6.07, 6.45) is 0. The van der Waals surface area contributed by atoms with Crippen molar-refractivity contribution in [1.82, 2.24) is 9.80 Å². The zero-order valence-electron chi connectivity index (χ0n) is 9.53. The van der Waals surface area contributed by atoms with Crippen LogP contribution in [0.3, 0.4) is 0 Å². The van der Waals surface area contributed by atoms with E-state index in [0.29, 0.717) is 12.1 Å². The van der Waals surface area contributed by atoms with Crippen LogP contribution in [0.4, 0.5) is 0 Å². The van der Waals surface area contributed by atoms with Crippen molar-refractivity contribution in [2.24, 2.45) is 5.73 Å². The molecule has 3 atom stereocenters. The second-order valence-corrected chi connectivity index (χ2v) is 4.40. The summed E-state index contributed by atoms with van der Waals surface area (Å²) >= 11 is 0. The molecule has 0 saturated carbocycles. The molecule has 1 heterocycles. The third-order valence-electron chi connectivity index (χ3n) is 3.35. The Morgan fingerprint density at radius 2 is 1.79 bits per heavy atom. The maximum Gasteiger partial charge on any atom is 0.234 e. The van der Waals surface area contributed by atoms with Gasteiger partial charge in [0.1, 0.15) is 0 Å². The van der Waals surface area contributed by atoms with Crippen LogP contribution in [0.15, 0.2) is 0 Å². The Bertz CT molecular complexity index is 207. The molecule has 4 nitrogen and oxygen atoms in total. The van der Waals surface area contributed by atoms with E-state index in [1.165, 1.54) is 0 Å². The molecule has 0 aliphatic carbocycles. The van der Waals surface area contributed by atoms with Crippen LogP contribution in [0, 0.1) is 0 Å². The van der Waals surface area contributed by atoms with Crippen molar-refractivity contribution in [3.05, 3.63) is 0 Å². The van der Waals surface area contributed by atoms with Gasteiger partial charge in [-0.05, 0) is 27.8 Å². The molecule has 0 aromatic carbocycles. The number of primary amides is 1. The minimum absolute atomic E-state index is 0.145. The van der Waals surface area contributed by atoms with Gasteiger partial charge in [-0.25, -0.2) is 0 Å². The summed E-state index contributed by atoms with van der Waals surface area (Å²) in [4.78, 5) is 15.6. The first kappa shape index (κ1) is 11.5. The van der Waals surface area contributed by atoms with Crippen LogP contribution < -0.4 is 5.73 Å². The zero-order valence-corrected chi connectivity index (χ0v) is 9.53. The second kappa shape index (κ2) is 4.28. The number of carbonyl (C=O) groups is 1. The summed E-state index contributed by atoms with van der Waals surface area (Å²) < 4.78 is 0. The first-order valence-electron chi connectivity index (χ1n) is 5.18. The summed E-state index contributed by atoms with van der Waals surface area (Å²) in [6.45, 7) is 8.08. The average molecular weight is 199 g/mol. The number of rotatable bonds is 2. The fraction of sp³-hybridized carbons (Fsp3) is 0.900. The summed E-state index contributed by atoms with van der Waals surface area (Å²) in [6, 6.07) is 0.828. The third-order valence-corrected chi connectivity index (χ3v) is 3.35. The van der Waals surface area contributed by atoms with E-state index in [9.17, 15) is 4.79 Å². The predicted molar refractivity (Wildman–Crippen MR) is 56.9 cm³/mol. The van der Waals surface area contributed by atoms with E-state index in [1.54, 1.807) is 0 Å². The minimum Gasteiger partial charge on any atom is -0.368 e. The SMILES string of the molecule is CC(C(N)=O)N1C[C@H](C)N(C)[C@@H](C)C1. The highest BCUT2D eigenvalue weighted by molar-refractivity contribution is 5.79. The van der Waals surface area contributed by atoms with Crippen molar-refractivity contribution in [3.63, 3.8) is 0 Å². The van der Waals surface area contributed by atoms with Crippen LogP contribution in [-0.2, 0) is 4.79 Å². The number of hydrogen-bond donors (Lipinski definition) is 1. The highest BCUT2D eigenvalue weighted by Gasteiger charge is 2.30. The quantitative estimate of drug-likeness (QED) is 0.675. The molecule has 1 rings (SSSR count). The van der Waals surface area contributed by atoms with Crippen LogP contribution in [-0.4, -0.2) is 54.0 Å². The van der Waals surface area contributed by atoms with E-state index in [1.807, 2.05) is 6.92 Å². The van der Waals surface area contributed by atoms with Crippen LogP contribution in [0.25, 0.3) is 0 Å². The summed E-state index contributed by atoms with van der Waals surface area (Å²) in [5.41, 5.74) is 5.30. The molecule has 14 heavy (non-hydrogen) atoms. The maximum absolute atomic E-state index is 11.1. The van der Waals surface area contributed by atoms with E-state index in [4.69, 9.17) is 5.73 Å². The normalized spacial score (nSPS) is 32.9. The van der Waals surface area contributed by atoms with Gasteiger partial charge in [0.2, 0.25) is 5.91 Å². The molecule has 1 amide bonds. The Labute approximate surface area is 86.0 Å². The highest BCUT2D eigenvalue weighted by Crippen LogP contribution is 2.15. The van der Waals surface area contributed by atoms with Crippen molar-refractivity contribution in [3.8, 4) is 0 Å². The molecule has 1 saturated heterocycles. The standard InChI is InChI=1S/C10H21N3O/c1-7-5-13(9(3)10(11)14)6-8(2)12(7)4/h7-9H,5-6H2,1-4H3,(H2,11,14)/t7-,8-,9?/m0/s1. The fourth-order valence-corrected chi connectivity index (χ4v) is 1.94. The molecule has 0 spiro atoms. The Kier molecular flexibility index (Phi) is 3.50. The first-order chi connectivity index (χ1) is 6.43. The monoisotopic (exact) mass is 199 g/mol. The summed E-state index contributed by atoms with van der Waals surface area (Å²) in [5.74, 6) is -0.228. The molecule has 0 radical (unpaired) electrons. The molecule has 0 aromatic heterocycles. The van der Waals surface area contributed by atoms with Crippen molar-refractivity contribution >= 4 is 5.91 Å². The smallest absolute Gasteiger partial charge is 0.234 e. The first-order valence-corrected chi connectivity index (χ1v) is 5.18. The van der Waals surface area contributed by atoms with Crippen LogP contribution in [0.1, 0.15) is 20.8 Å². The number of hydrogen-bond acceptors (Lipinski definition) is 3. The van der Waals surface area contributed by atoms with Crippen molar-refractivity contribution in [2.45, 2.75) is 38.9 Å². The number of piperazine rings is 1. The van der Waals surface area contributed by atoms with E-state index in [0.717, 1.165) is 13.1 Å². The molecule has 2 N–H and O–H groups in total. The molecule has 0 aromatic rings. The van der Waals surface area contributed by atoms with Crippen LogP contribution in [0.5, 0.6) is 0 Å². The lowest BCUT2D eigenvalue weighted by Crippen LogP contribution is -2.59. The molecule has 1 aliphatic rings. The number of likely N-dealkylation sites (N-methyl/N-ethyl adjacent to an activating group) is 1. The van der Waals surface area contributed by atoms with Crippen LogP contribution in [0.2, 0.25) is 0 Å². The minimum atomic E-state index is -0.228. The van der Waals surface area contributed by atoms with E-state index in [-0.39, 0.29) is 11.9 Å². The third kappa shape index (κ3) is 2.25. The summed E-state index contributed by atoms with van der Waals surface area (Å²) in [7, 11) is 2.13. The number of nitrogens with two attached hydrogens (primary N) is 1. The molecule has 1 fully saturated rings. The fourth-order valence-electron chi connectivity index (χ4n) is 1.94. The van der Waals surface area contributed by atoms with E-state index < -0.39 is 0 Å². The second-order valence-electron chi connectivity index (χ2n) is 4.40. The van der Waals surface area contributed by atoms with Gasteiger partial charge in [0.25, 0.3) is 0 Å². The molecule has 1 unspecified atom stereocenters. The number of carbonyl (C=O) groups excluding carboxylic acids is 1. The number of amides is 1. The lowest BCUT2D eigenvalue weighted by molar-refractivity contribution is -0.124. The Hall–Kier alpha value is -0.610. The van der Waals surface area contributed by atoms with Gasteiger partial charge >= 0.3 is 0 Å². The molecule has 1 aliphatic heterocycles. The van der Waals surface area contributed by atoms with Gasteiger partial charge in [0.15, 0.2) is 0 Å². The van der Waals surface area contributed by atoms with Gasteiger partial charge in [-0.3, -0.25) is 14.6 Å². The molecule has 82 valence electrons. The van der Waals surface area contributed by atoms with E-state index >= 15 is 0 Å². The zero-order chi connectivity index (χ0) is 10.9. The van der Waals surface area contributed by atoms with Crippen molar-refractivity contribution in [2.75, 3.05) is 20.1 Å². The van der Waals surface area contributed by atoms with Crippen molar-refractivity contribution in [1.29, 1.82) is 0 Å². The lowest BCUT2D eigenvalue weighted by atomic mass is 10.1. The Morgan fingerprint density at radius 3 is 2.14 bits per heavy atom. The Balaban J connectivity index is 2.62. The number of nitrogens with zero attached hydrogens (tertiary/aromatic N) is 2. The highest BCUT2D eigenvalue weighted by atomic mass is 16.1. The predicted octanol–water partition coefficient (Wildman–Crippen LogP) is -0.115. The van der Waals surface area contributed by atoms with Gasteiger partial charge in [-0.2, -0.15) is 0 Å². The Morgan fingerprint density at radius 1 is 1.36 bits per heavy atom. The molecule has 4 heteroatoms. The van der Waals surface area contributed by atoms with Gasteiger partial charge in [-0.1, -0.05) is 0 Å². The maximum atomic E-state index is 11.1. The average Bonchev–Trinajstić information content (AvgIpc) is 2.12. The molecular formula is C10H21N3O. The van der Waals surface area contributed by atoms with Gasteiger partial charge in [0, 0.05) is 25.2 Å². The van der Waals surface area contributed by atoms with Crippen LogP contribution >= 0.6 is 0 Å². The molecule has 0 bridgehead atoms. The lowest BCUT2D eigenvalue weighted by Gasteiger charge is -2.44. The van der Waals surface area contributed by atoms with E-state index in [2.05, 4.69) is 30.7 Å². The van der Waals surface area contributed by atoms with Gasteiger partial charge in [0.05, 0.1) is 6.04 Å². The largest absolute Gasteiger partial charge is 0.368 e. The topological polar surface area (TPSA) is 49.6 Å². The van der Waals surface area contributed by atoms with Crippen molar-refractivity contribution < 1.29 is 4.79 Å². The van der Waals surface area contributed by atoms with Gasteiger partial charge in [-0.15, -0.1) is 0 Å².